The van der Waals surface area contributed by atoms with Gasteiger partial charge in [-0.2, -0.15) is 0 Å². The molecule has 0 fully saturated rings. The van der Waals surface area contributed by atoms with Gasteiger partial charge in [0.1, 0.15) is 17.7 Å². The van der Waals surface area contributed by atoms with E-state index in [2.05, 4.69) is 10.6 Å². The van der Waals surface area contributed by atoms with Crippen LogP contribution in [0.15, 0.2) is 72.8 Å². The maximum absolute atomic E-state index is 14.2. The molecule has 0 aromatic heterocycles. The first-order chi connectivity index (χ1) is 24.7. The molecule has 10 nitrogen and oxygen atoms in total. The number of carbonyl (C=O) groups excluding carboxylic acids is 2. The number of aryl methyl sites for hydroxylation is 2. The molecule has 52 heavy (non-hydrogen) atoms. The van der Waals surface area contributed by atoms with Gasteiger partial charge in [-0.25, -0.2) is 22.0 Å². The zero-order valence-electron chi connectivity index (χ0n) is 30.1. The highest BCUT2D eigenvalue weighted by atomic mass is 32.2. The van der Waals surface area contributed by atoms with Gasteiger partial charge in [0.15, 0.2) is 9.84 Å². The van der Waals surface area contributed by atoms with Crippen molar-refractivity contribution >= 4 is 27.7 Å². The SMILES string of the molecule is CCCC(CCC)S(=O)(=O)C[C@H](NC(=O)CCc1ccccc1)C(=O)N[C@@H](Cc1cc(F)cc(F)c1)[C@H](O)CN(Cc1cccc(CC)c1)C(=O)O. The number of benzene rings is 3. The van der Waals surface area contributed by atoms with Crippen molar-refractivity contribution in [2.75, 3.05) is 12.3 Å². The zero-order valence-corrected chi connectivity index (χ0v) is 30.9. The van der Waals surface area contributed by atoms with E-state index in [-0.39, 0.29) is 24.9 Å². The lowest BCUT2D eigenvalue weighted by molar-refractivity contribution is -0.129. The summed E-state index contributed by atoms with van der Waals surface area (Å²) >= 11 is 0. The molecule has 0 saturated heterocycles. The highest BCUT2D eigenvalue weighted by Gasteiger charge is 2.35. The second-order valence-corrected chi connectivity index (χ2v) is 15.5. The van der Waals surface area contributed by atoms with Crippen LogP contribution in [0.2, 0.25) is 0 Å². The second kappa shape index (κ2) is 20.6. The smallest absolute Gasteiger partial charge is 0.407 e. The molecule has 0 aliphatic heterocycles. The molecule has 3 atom stereocenters. The van der Waals surface area contributed by atoms with Gasteiger partial charge in [0.05, 0.1) is 29.7 Å². The summed E-state index contributed by atoms with van der Waals surface area (Å²) in [4.78, 5) is 40.5. The van der Waals surface area contributed by atoms with Crippen LogP contribution >= 0.6 is 0 Å². The van der Waals surface area contributed by atoms with E-state index >= 15 is 0 Å². The fourth-order valence-electron chi connectivity index (χ4n) is 6.15. The van der Waals surface area contributed by atoms with Crippen LogP contribution in [0.3, 0.4) is 0 Å². The summed E-state index contributed by atoms with van der Waals surface area (Å²) in [5.41, 5.74) is 2.57. The molecule has 0 unspecified atom stereocenters. The molecular weight excluding hydrogens is 693 g/mol. The average Bonchev–Trinajstić information content (AvgIpc) is 3.09. The van der Waals surface area contributed by atoms with Gasteiger partial charge in [0.2, 0.25) is 11.8 Å². The van der Waals surface area contributed by atoms with Crippen LogP contribution in [0.4, 0.5) is 13.6 Å². The fraction of sp³-hybridized carbons (Fsp3) is 0.462. The number of carbonyl (C=O) groups is 3. The number of amides is 3. The first-order valence-corrected chi connectivity index (χ1v) is 19.5. The number of nitrogens with one attached hydrogen (secondary N) is 2. The first kappa shape index (κ1) is 42.1. The summed E-state index contributed by atoms with van der Waals surface area (Å²) in [6, 6.07) is 16.2. The van der Waals surface area contributed by atoms with Gasteiger partial charge in [-0.15, -0.1) is 0 Å². The Hall–Kier alpha value is -4.36. The largest absolute Gasteiger partial charge is 0.465 e. The summed E-state index contributed by atoms with van der Waals surface area (Å²) < 4.78 is 55.8. The number of aliphatic hydroxyl groups excluding tert-OH is 1. The van der Waals surface area contributed by atoms with E-state index < -0.39 is 75.1 Å². The van der Waals surface area contributed by atoms with Crippen LogP contribution in [0.25, 0.3) is 0 Å². The molecule has 0 radical (unpaired) electrons. The third kappa shape index (κ3) is 13.6. The Balaban J connectivity index is 1.93. The van der Waals surface area contributed by atoms with Gasteiger partial charge >= 0.3 is 6.09 Å². The molecule has 0 saturated carbocycles. The van der Waals surface area contributed by atoms with E-state index in [0.717, 1.165) is 34.6 Å². The normalized spacial score (nSPS) is 13.3. The number of aliphatic hydroxyl groups is 1. The lowest BCUT2D eigenvalue weighted by Crippen LogP contribution is -2.57. The summed E-state index contributed by atoms with van der Waals surface area (Å²) in [6.45, 7) is 5.07. The first-order valence-electron chi connectivity index (χ1n) is 17.8. The van der Waals surface area contributed by atoms with Gasteiger partial charge in [-0.05, 0) is 66.5 Å². The number of hydrogen-bond acceptors (Lipinski definition) is 6. The van der Waals surface area contributed by atoms with Crippen molar-refractivity contribution in [3.05, 3.63) is 107 Å². The Morgan fingerprint density at radius 3 is 2.02 bits per heavy atom. The van der Waals surface area contributed by atoms with E-state index in [0.29, 0.717) is 43.7 Å². The van der Waals surface area contributed by atoms with Crippen molar-refractivity contribution in [2.24, 2.45) is 0 Å². The van der Waals surface area contributed by atoms with Gasteiger partial charge in [-0.1, -0.05) is 88.2 Å². The Morgan fingerprint density at radius 1 is 0.808 bits per heavy atom. The van der Waals surface area contributed by atoms with Gasteiger partial charge in [0.25, 0.3) is 0 Å². The monoisotopic (exact) mass is 743 g/mol. The Morgan fingerprint density at radius 2 is 1.42 bits per heavy atom. The number of halogens is 2. The van der Waals surface area contributed by atoms with E-state index in [1.165, 1.54) is 0 Å². The molecule has 13 heteroatoms. The zero-order chi connectivity index (χ0) is 38.3. The Labute approximate surface area is 305 Å². The number of nitrogens with zero attached hydrogens (tertiary/aromatic N) is 1. The van der Waals surface area contributed by atoms with Crippen LogP contribution < -0.4 is 10.6 Å². The summed E-state index contributed by atoms with van der Waals surface area (Å²) in [5, 5.41) is 25.9. The van der Waals surface area contributed by atoms with Gasteiger partial charge < -0.3 is 25.7 Å². The van der Waals surface area contributed by atoms with E-state index in [1.807, 2.05) is 63.2 Å². The molecule has 0 spiro atoms. The van der Waals surface area contributed by atoms with Crippen molar-refractivity contribution in [1.82, 2.24) is 15.5 Å². The van der Waals surface area contributed by atoms with Crippen molar-refractivity contribution < 1.29 is 41.8 Å². The van der Waals surface area contributed by atoms with Crippen molar-refractivity contribution in [2.45, 2.75) is 102 Å². The van der Waals surface area contributed by atoms with Crippen LogP contribution in [0.5, 0.6) is 0 Å². The standard InChI is InChI=1S/C39H51F2N3O7S/c1-4-11-33(12-5-2)52(50,51)26-35(42-37(46)18-17-28-13-8-7-9-14-28)38(47)43-34(22-30-20-31(40)23-32(41)21-30)36(45)25-44(39(48)49)24-29-16-10-15-27(6-3)19-29/h7-10,13-16,19-21,23,33-36,45H,4-6,11-12,17-18,22,24-26H2,1-3H3,(H,42,46)(H,43,47)(H,48,49)/t34-,35-,36+/m0/s1. The maximum atomic E-state index is 14.2. The quantitative estimate of drug-likeness (QED) is 0.111. The molecular formula is C39H51F2N3O7S. The van der Waals surface area contributed by atoms with Crippen LogP contribution in [0.1, 0.15) is 75.1 Å². The van der Waals surface area contributed by atoms with E-state index in [1.54, 1.807) is 12.1 Å². The molecule has 0 aliphatic rings. The van der Waals surface area contributed by atoms with Gasteiger partial charge in [-0.3, -0.25) is 9.59 Å². The van der Waals surface area contributed by atoms with E-state index in [4.69, 9.17) is 0 Å². The molecule has 3 amide bonds. The van der Waals surface area contributed by atoms with Crippen LogP contribution in [-0.4, -0.2) is 77.2 Å². The number of rotatable bonds is 21. The average molecular weight is 744 g/mol. The molecule has 3 rings (SSSR count). The molecule has 3 aromatic rings. The number of sulfone groups is 1. The van der Waals surface area contributed by atoms with Crippen LogP contribution in [-0.2, 0) is 45.2 Å². The number of carboxylic acid groups (broad SMARTS) is 1. The fourth-order valence-corrected chi connectivity index (χ4v) is 8.31. The highest BCUT2D eigenvalue weighted by Crippen LogP contribution is 2.19. The van der Waals surface area contributed by atoms with Gasteiger partial charge in [0, 0.05) is 19.0 Å². The Kier molecular flexibility index (Phi) is 16.7. The third-order valence-electron chi connectivity index (χ3n) is 8.88. The summed E-state index contributed by atoms with van der Waals surface area (Å²) in [6.07, 6.45) is -0.374. The number of hydrogen-bond donors (Lipinski definition) is 4. The predicted octanol–water partition coefficient (Wildman–Crippen LogP) is 5.60. The lowest BCUT2D eigenvalue weighted by atomic mass is 9.99. The third-order valence-corrected chi connectivity index (χ3v) is 11.2. The molecule has 4 N–H and O–H groups in total. The summed E-state index contributed by atoms with van der Waals surface area (Å²) in [5.74, 6) is -4.03. The molecule has 0 aliphatic carbocycles. The maximum Gasteiger partial charge on any atom is 0.407 e. The Bertz CT molecular complexity index is 1700. The van der Waals surface area contributed by atoms with Crippen LogP contribution in [0, 0.1) is 11.6 Å². The molecule has 0 heterocycles. The minimum Gasteiger partial charge on any atom is -0.465 e. The van der Waals surface area contributed by atoms with E-state index in [9.17, 15) is 41.8 Å². The summed E-state index contributed by atoms with van der Waals surface area (Å²) in [7, 11) is -3.92. The lowest BCUT2D eigenvalue weighted by Gasteiger charge is -2.30. The molecule has 284 valence electrons. The minimum absolute atomic E-state index is 0.0391. The molecule has 0 bridgehead atoms. The second-order valence-electron chi connectivity index (χ2n) is 13.1. The topological polar surface area (TPSA) is 153 Å². The molecule has 3 aromatic carbocycles. The predicted molar refractivity (Wildman–Crippen MR) is 196 cm³/mol. The van der Waals surface area contributed by atoms with Crippen molar-refractivity contribution in [1.29, 1.82) is 0 Å². The minimum atomic E-state index is -3.92. The van der Waals surface area contributed by atoms with Crippen molar-refractivity contribution in [3.8, 4) is 0 Å². The highest BCUT2D eigenvalue weighted by molar-refractivity contribution is 7.92. The van der Waals surface area contributed by atoms with Crippen molar-refractivity contribution in [3.63, 3.8) is 0 Å².